The number of halogens is 2. The van der Waals surface area contributed by atoms with Gasteiger partial charge in [-0.3, -0.25) is 4.79 Å². The van der Waals surface area contributed by atoms with Crippen molar-refractivity contribution < 1.29 is 14.2 Å². The second-order valence-electron chi connectivity index (χ2n) is 6.58. The molecule has 28 heavy (non-hydrogen) atoms. The number of nitrogens with one attached hydrogen (secondary N) is 1. The predicted molar refractivity (Wildman–Crippen MR) is 107 cm³/mol. The first kappa shape index (κ1) is 18.8. The first-order valence-electron chi connectivity index (χ1n) is 8.86. The zero-order valence-corrected chi connectivity index (χ0v) is 16.6. The van der Waals surface area contributed by atoms with Gasteiger partial charge in [0.15, 0.2) is 11.4 Å². The van der Waals surface area contributed by atoms with Crippen molar-refractivity contribution in [3.8, 4) is 17.0 Å². The maximum atomic E-state index is 12.7. The average molecular weight is 418 g/mol. The van der Waals surface area contributed by atoms with E-state index in [1.165, 1.54) is 43.2 Å². The highest BCUT2D eigenvalue weighted by Crippen LogP contribution is 2.34. The number of aromatic nitrogens is 2. The van der Waals surface area contributed by atoms with Crippen LogP contribution >= 0.6 is 23.2 Å². The van der Waals surface area contributed by atoms with Gasteiger partial charge in [-0.2, -0.15) is 0 Å². The molecule has 0 spiro atoms. The fourth-order valence-corrected chi connectivity index (χ4v) is 4.05. The number of hydrogen-bond acceptors (Lipinski definition) is 5. The van der Waals surface area contributed by atoms with Gasteiger partial charge in [-0.15, -0.1) is 0 Å². The number of benzene rings is 2. The lowest BCUT2D eigenvalue weighted by atomic mass is 9.90. The van der Waals surface area contributed by atoms with Crippen LogP contribution in [0.5, 0.6) is 5.75 Å². The molecule has 0 aliphatic heterocycles. The second kappa shape index (κ2) is 7.81. The van der Waals surface area contributed by atoms with E-state index in [1.807, 2.05) is 6.07 Å². The zero-order chi connectivity index (χ0) is 19.7. The molecule has 1 N–H and O–H groups in total. The van der Waals surface area contributed by atoms with Gasteiger partial charge >= 0.3 is 0 Å². The van der Waals surface area contributed by atoms with Crippen LogP contribution in [0.4, 0.5) is 5.82 Å². The van der Waals surface area contributed by atoms with Crippen LogP contribution in [0.25, 0.3) is 11.3 Å². The largest absolute Gasteiger partial charge is 0.494 e. The molecule has 0 atom stereocenters. The van der Waals surface area contributed by atoms with Gasteiger partial charge in [-0.05, 0) is 65.3 Å². The van der Waals surface area contributed by atoms with Crippen molar-refractivity contribution in [1.29, 1.82) is 0 Å². The molecule has 0 bridgehead atoms. The molecule has 0 fully saturated rings. The standard InChI is InChI=1S/C20H17Cl2N3O3/c1-27-18-15(21)9-14(10-16(18)22)20(26)23-19-17(24-28-25-19)13-7-6-11-4-2-3-5-12(11)8-13/h6-10H,2-5H2,1H3,(H,23,25,26). The minimum Gasteiger partial charge on any atom is -0.494 e. The number of carbonyl (C=O) groups excluding carboxylic acids is 1. The van der Waals surface area contributed by atoms with Gasteiger partial charge in [0.2, 0.25) is 5.82 Å². The first-order chi connectivity index (χ1) is 13.6. The molecule has 8 heteroatoms. The Hall–Kier alpha value is -2.57. The fraction of sp³-hybridized carbons (Fsp3) is 0.250. The molecular weight excluding hydrogens is 401 g/mol. The van der Waals surface area contributed by atoms with Crippen LogP contribution in [0, 0.1) is 0 Å². The number of fused-ring (bicyclic) bond motifs is 1. The van der Waals surface area contributed by atoms with Crippen molar-refractivity contribution in [3.05, 3.63) is 57.1 Å². The molecule has 1 amide bonds. The summed E-state index contributed by atoms with van der Waals surface area (Å²) in [5, 5.41) is 11.0. The monoisotopic (exact) mass is 417 g/mol. The number of amides is 1. The molecule has 0 saturated heterocycles. The summed E-state index contributed by atoms with van der Waals surface area (Å²) in [6.07, 6.45) is 4.52. The maximum absolute atomic E-state index is 12.7. The third-order valence-electron chi connectivity index (χ3n) is 4.81. The average Bonchev–Trinajstić information content (AvgIpc) is 3.15. The van der Waals surface area contributed by atoms with Gasteiger partial charge in [0.1, 0.15) is 0 Å². The van der Waals surface area contributed by atoms with E-state index in [1.54, 1.807) is 0 Å². The summed E-state index contributed by atoms with van der Waals surface area (Å²) in [5.41, 5.74) is 4.27. The minimum atomic E-state index is -0.429. The van der Waals surface area contributed by atoms with Crippen LogP contribution < -0.4 is 10.1 Å². The predicted octanol–water partition coefficient (Wildman–Crippen LogP) is 5.18. The number of nitrogens with zero attached hydrogens (tertiary/aromatic N) is 2. The lowest BCUT2D eigenvalue weighted by Crippen LogP contribution is -2.13. The summed E-state index contributed by atoms with van der Waals surface area (Å²) in [6, 6.07) is 9.12. The molecule has 1 aliphatic carbocycles. The number of anilines is 1. The number of aryl methyl sites for hydroxylation is 2. The van der Waals surface area contributed by atoms with Gasteiger partial charge in [-0.1, -0.05) is 35.3 Å². The highest BCUT2D eigenvalue weighted by atomic mass is 35.5. The van der Waals surface area contributed by atoms with Crippen molar-refractivity contribution in [3.63, 3.8) is 0 Å². The highest BCUT2D eigenvalue weighted by Gasteiger charge is 2.20. The number of rotatable bonds is 4. The molecule has 0 radical (unpaired) electrons. The van der Waals surface area contributed by atoms with Gasteiger partial charge in [0.05, 0.1) is 17.2 Å². The Bertz CT molecular complexity index is 1030. The smallest absolute Gasteiger partial charge is 0.257 e. The van der Waals surface area contributed by atoms with Crippen LogP contribution in [0.1, 0.15) is 34.3 Å². The molecule has 3 aromatic rings. The molecule has 2 aromatic carbocycles. The summed E-state index contributed by atoms with van der Waals surface area (Å²) in [4.78, 5) is 12.7. The molecule has 6 nitrogen and oxygen atoms in total. The molecule has 0 saturated carbocycles. The zero-order valence-electron chi connectivity index (χ0n) is 15.1. The Morgan fingerprint density at radius 2 is 1.79 bits per heavy atom. The van der Waals surface area contributed by atoms with Gasteiger partial charge in [0, 0.05) is 11.1 Å². The van der Waals surface area contributed by atoms with Gasteiger partial charge < -0.3 is 10.1 Å². The molecule has 1 heterocycles. The normalized spacial score (nSPS) is 13.1. The summed E-state index contributed by atoms with van der Waals surface area (Å²) in [6.45, 7) is 0. The summed E-state index contributed by atoms with van der Waals surface area (Å²) in [5.74, 6) is 0.128. The minimum absolute atomic E-state index is 0.240. The molecule has 1 aliphatic rings. The van der Waals surface area contributed by atoms with Crippen LogP contribution in [-0.2, 0) is 12.8 Å². The summed E-state index contributed by atoms with van der Waals surface area (Å²) >= 11 is 12.2. The van der Waals surface area contributed by atoms with Crippen molar-refractivity contribution in [2.24, 2.45) is 0 Å². The molecule has 144 valence electrons. The molecule has 4 rings (SSSR count). The van der Waals surface area contributed by atoms with Crippen molar-refractivity contribution in [2.45, 2.75) is 25.7 Å². The number of ether oxygens (including phenoxy) is 1. The fourth-order valence-electron chi connectivity index (χ4n) is 3.41. The van der Waals surface area contributed by atoms with Crippen LogP contribution in [0.3, 0.4) is 0 Å². The van der Waals surface area contributed by atoms with Crippen LogP contribution in [-0.4, -0.2) is 23.3 Å². The molecule has 0 unspecified atom stereocenters. The van der Waals surface area contributed by atoms with E-state index in [-0.39, 0.29) is 21.4 Å². The maximum Gasteiger partial charge on any atom is 0.257 e. The van der Waals surface area contributed by atoms with E-state index in [9.17, 15) is 4.79 Å². The highest BCUT2D eigenvalue weighted by molar-refractivity contribution is 6.37. The van der Waals surface area contributed by atoms with Crippen LogP contribution in [0.15, 0.2) is 35.0 Å². The Morgan fingerprint density at radius 3 is 2.50 bits per heavy atom. The third kappa shape index (κ3) is 3.57. The Morgan fingerprint density at radius 1 is 1.07 bits per heavy atom. The number of hydrogen-bond donors (Lipinski definition) is 1. The van der Waals surface area contributed by atoms with Gasteiger partial charge in [-0.25, -0.2) is 4.63 Å². The lowest BCUT2D eigenvalue weighted by Gasteiger charge is -2.16. The number of carbonyl (C=O) groups is 1. The van der Waals surface area contributed by atoms with E-state index in [0.717, 1.165) is 18.4 Å². The second-order valence-corrected chi connectivity index (χ2v) is 7.39. The van der Waals surface area contributed by atoms with Crippen molar-refractivity contribution in [1.82, 2.24) is 10.3 Å². The molecular formula is C20H17Cl2N3O3. The Kier molecular flexibility index (Phi) is 5.24. The van der Waals surface area contributed by atoms with Crippen molar-refractivity contribution in [2.75, 3.05) is 12.4 Å². The Balaban J connectivity index is 1.61. The summed E-state index contributed by atoms with van der Waals surface area (Å²) in [7, 11) is 1.46. The topological polar surface area (TPSA) is 77.2 Å². The van der Waals surface area contributed by atoms with Crippen molar-refractivity contribution >= 4 is 34.9 Å². The van der Waals surface area contributed by atoms with Crippen LogP contribution in [0.2, 0.25) is 10.0 Å². The van der Waals surface area contributed by atoms with E-state index in [2.05, 4.69) is 27.8 Å². The van der Waals surface area contributed by atoms with E-state index in [0.29, 0.717) is 11.4 Å². The summed E-state index contributed by atoms with van der Waals surface area (Å²) < 4.78 is 9.98. The van der Waals surface area contributed by atoms with E-state index in [4.69, 9.17) is 32.6 Å². The quantitative estimate of drug-likeness (QED) is 0.632. The van der Waals surface area contributed by atoms with Gasteiger partial charge in [0.25, 0.3) is 5.91 Å². The number of methoxy groups -OCH3 is 1. The lowest BCUT2D eigenvalue weighted by molar-refractivity contribution is 0.102. The third-order valence-corrected chi connectivity index (χ3v) is 5.37. The SMILES string of the molecule is COc1c(Cl)cc(C(=O)Nc2nonc2-c2ccc3c(c2)CCCC3)cc1Cl. The first-order valence-corrected chi connectivity index (χ1v) is 9.61. The molecule has 1 aromatic heterocycles. The van der Waals surface area contributed by atoms with E-state index >= 15 is 0 Å². The van der Waals surface area contributed by atoms with E-state index < -0.39 is 5.91 Å². The Labute approximate surface area is 171 Å².